The molecule has 0 unspecified atom stereocenters. The highest BCUT2D eigenvalue weighted by atomic mass is 16.2. The highest BCUT2D eigenvalue weighted by molar-refractivity contribution is 6.35. The lowest BCUT2D eigenvalue weighted by Crippen LogP contribution is -2.29. The quantitative estimate of drug-likeness (QED) is 0.140. The molecule has 7 nitrogen and oxygen atoms in total. The summed E-state index contributed by atoms with van der Waals surface area (Å²) in [5.74, 6) is -2.24. The van der Waals surface area contributed by atoms with Gasteiger partial charge in [-0.1, -0.05) is 105 Å². The molecule has 0 bridgehead atoms. The van der Waals surface area contributed by atoms with Crippen LogP contribution >= 0.6 is 0 Å². The fourth-order valence-corrected chi connectivity index (χ4v) is 6.15. The monoisotopic (exact) mass is 662 g/mol. The highest BCUT2D eigenvalue weighted by Crippen LogP contribution is 2.32. The van der Waals surface area contributed by atoms with Crippen LogP contribution < -0.4 is 4.90 Å². The number of ketones is 1. The molecule has 250 valence electrons. The molecule has 2 heterocycles. The maximum Gasteiger partial charge on any atom is 0.266 e. The van der Waals surface area contributed by atoms with Gasteiger partial charge in [0.25, 0.3) is 23.6 Å². The Bertz CT molecular complexity index is 2190. The van der Waals surface area contributed by atoms with E-state index in [1.54, 1.807) is 12.1 Å². The van der Waals surface area contributed by atoms with Crippen molar-refractivity contribution in [1.82, 2.24) is 4.90 Å². The summed E-state index contributed by atoms with van der Waals surface area (Å²) >= 11 is 0. The largest absolute Gasteiger partial charge is 0.289 e. The first-order chi connectivity index (χ1) is 23.7. The second kappa shape index (κ2) is 13.2. The molecule has 2 aliphatic heterocycles. The van der Waals surface area contributed by atoms with Crippen LogP contribution in [0.3, 0.4) is 0 Å². The van der Waals surface area contributed by atoms with Crippen molar-refractivity contribution < 1.29 is 24.0 Å². The number of carbonyl (C=O) groups is 5. The first-order valence-electron chi connectivity index (χ1n) is 16.5. The molecule has 0 spiro atoms. The topological polar surface area (TPSA) is 91.8 Å². The van der Waals surface area contributed by atoms with Crippen molar-refractivity contribution in [3.8, 4) is 0 Å². The number of imide groups is 2. The van der Waals surface area contributed by atoms with Gasteiger partial charge in [-0.25, -0.2) is 4.90 Å². The number of carbonyl (C=O) groups excluding carboxylic acids is 5. The number of anilines is 1. The molecular formula is C43H38N2O5. The molecule has 7 rings (SSSR count). The van der Waals surface area contributed by atoms with E-state index >= 15 is 0 Å². The van der Waals surface area contributed by atoms with Crippen molar-refractivity contribution >= 4 is 35.1 Å². The van der Waals surface area contributed by atoms with Crippen molar-refractivity contribution in [2.75, 3.05) is 11.9 Å². The van der Waals surface area contributed by atoms with Gasteiger partial charge in [-0.2, -0.15) is 0 Å². The molecule has 5 aromatic carbocycles. The Labute approximate surface area is 292 Å². The minimum absolute atomic E-state index is 0.149. The number of aryl methyl sites for hydroxylation is 2. The van der Waals surface area contributed by atoms with Gasteiger partial charge in [-0.05, 0) is 78.3 Å². The number of rotatable bonds is 5. The van der Waals surface area contributed by atoms with Crippen molar-refractivity contribution in [3.05, 3.63) is 170 Å². The maximum absolute atomic E-state index is 13.1. The number of hydrogen-bond donors (Lipinski definition) is 0. The van der Waals surface area contributed by atoms with Crippen LogP contribution in [0.5, 0.6) is 0 Å². The van der Waals surface area contributed by atoms with Gasteiger partial charge in [0.2, 0.25) is 0 Å². The molecule has 2 aliphatic rings. The summed E-state index contributed by atoms with van der Waals surface area (Å²) in [4.78, 5) is 65.5. The summed E-state index contributed by atoms with van der Waals surface area (Å²) in [5, 5.41) is 0. The van der Waals surface area contributed by atoms with E-state index in [0.29, 0.717) is 5.69 Å². The number of para-hydroxylation sites is 1. The zero-order valence-electron chi connectivity index (χ0n) is 29.0. The van der Waals surface area contributed by atoms with Crippen LogP contribution in [0.15, 0.2) is 109 Å². The zero-order valence-corrected chi connectivity index (χ0v) is 29.0. The summed E-state index contributed by atoms with van der Waals surface area (Å²) < 4.78 is 0. The molecule has 0 saturated carbocycles. The Morgan fingerprint density at radius 1 is 0.580 bits per heavy atom. The normalized spacial score (nSPS) is 13.6. The fourth-order valence-electron chi connectivity index (χ4n) is 6.15. The van der Waals surface area contributed by atoms with E-state index in [2.05, 4.69) is 76.2 Å². The van der Waals surface area contributed by atoms with Gasteiger partial charge in [0.05, 0.1) is 27.9 Å². The van der Waals surface area contributed by atoms with Gasteiger partial charge in [-0.3, -0.25) is 28.9 Å². The molecule has 7 heteroatoms. The molecule has 0 N–H and O–H groups in total. The summed E-state index contributed by atoms with van der Waals surface area (Å²) in [6.45, 7) is 10.7. The lowest BCUT2D eigenvalue weighted by molar-refractivity contribution is 0.0692. The Morgan fingerprint density at radius 3 is 1.62 bits per heavy atom. The average Bonchev–Trinajstić information content (AvgIpc) is 3.48. The van der Waals surface area contributed by atoms with Gasteiger partial charge in [0.1, 0.15) is 0 Å². The van der Waals surface area contributed by atoms with E-state index in [-0.39, 0.29) is 38.8 Å². The Balaban J connectivity index is 0.000000204. The Hall–Kier alpha value is -5.95. The lowest BCUT2D eigenvalue weighted by Gasteiger charge is -2.19. The number of hydrogen-bond acceptors (Lipinski definition) is 5. The predicted octanol–water partition coefficient (Wildman–Crippen LogP) is 8.14. The average molecular weight is 663 g/mol. The molecule has 0 saturated heterocycles. The van der Waals surface area contributed by atoms with Gasteiger partial charge < -0.3 is 0 Å². The second-order valence-electron chi connectivity index (χ2n) is 13.9. The van der Waals surface area contributed by atoms with E-state index < -0.39 is 29.4 Å². The molecule has 0 atom stereocenters. The van der Waals surface area contributed by atoms with E-state index in [9.17, 15) is 24.0 Å². The van der Waals surface area contributed by atoms with Crippen LogP contribution in [-0.2, 0) is 11.8 Å². The van der Waals surface area contributed by atoms with Gasteiger partial charge in [0, 0.05) is 18.2 Å². The third-order valence-corrected chi connectivity index (χ3v) is 9.21. The molecule has 4 amide bonds. The van der Waals surface area contributed by atoms with Gasteiger partial charge in [-0.15, -0.1) is 0 Å². The minimum atomic E-state index is -0.495. The molecular weight excluding hydrogens is 624 g/mol. The van der Waals surface area contributed by atoms with Crippen LogP contribution in [0, 0.1) is 13.8 Å². The smallest absolute Gasteiger partial charge is 0.266 e. The van der Waals surface area contributed by atoms with Crippen LogP contribution in [0.25, 0.3) is 0 Å². The van der Waals surface area contributed by atoms with Crippen LogP contribution in [0.2, 0.25) is 0 Å². The van der Waals surface area contributed by atoms with Gasteiger partial charge in [0.15, 0.2) is 5.78 Å². The van der Waals surface area contributed by atoms with Crippen molar-refractivity contribution in [2.45, 2.75) is 46.5 Å². The molecule has 0 aliphatic carbocycles. The van der Waals surface area contributed by atoms with E-state index in [0.717, 1.165) is 21.8 Å². The van der Waals surface area contributed by atoms with Crippen LogP contribution in [0.1, 0.15) is 106 Å². The molecule has 0 aromatic heterocycles. The highest BCUT2D eigenvalue weighted by Gasteiger charge is 2.38. The summed E-state index contributed by atoms with van der Waals surface area (Å²) in [7, 11) is 1.38. The predicted molar refractivity (Wildman–Crippen MR) is 194 cm³/mol. The van der Waals surface area contributed by atoms with Crippen LogP contribution in [-0.4, -0.2) is 41.4 Å². The summed E-state index contributed by atoms with van der Waals surface area (Å²) in [6, 6.07) is 33.6. The molecule has 0 fully saturated rings. The Kier molecular flexibility index (Phi) is 8.93. The van der Waals surface area contributed by atoms with Crippen LogP contribution in [0.4, 0.5) is 5.69 Å². The first-order valence-corrected chi connectivity index (χ1v) is 16.5. The van der Waals surface area contributed by atoms with Crippen molar-refractivity contribution in [3.63, 3.8) is 0 Å². The number of fused-ring (bicyclic) bond motifs is 2. The van der Waals surface area contributed by atoms with Crippen molar-refractivity contribution in [1.29, 1.82) is 0 Å². The van der Waals surface area contributed by atoms with E-state index in [1.165, 1.54) is 65.7 Å². The second-order valence-corrected chi connectivity index (χ2v) is 13.9. The number of nitrogens with zero attached hydrogens (tertiary/aromatic N) is 2. The van der Waals surface area contributed by atoms with E-state index in [1.807, 2.05) is 19.1 Å². The standard InChI is InChI=1S/C25H16N2O5.C18H22/c1-13-5-3-4-6-20(13)27-24(31)17-10-8-15(12-19(17)25(27)32)21(28)14-7-9-16-18(11-14)23(30)26(2)22(16)29;1-14-5-7-15(8-6-14)13-16-9-11-17(12-10-16)18(2,3)4/h3-12H,1-2H3;5-12H,13H2,1-4H3. The van der Waals surface area contributed by atoms with Crippen molar-refractivity contribution in [2.24, 2.45) is 0 Å². The number of amides is 4. The first kappa shape index (κ1) is 33.9. The fraction of sp³-hybridized carbons (Fsp3) is 0.186. The number of benzene rings is 5. The summed E-state index contributed by atoms with van der Waals surface area (Å²) in [6.07, 6.45) is 1.02. The SMILES string of the molecule is Cc1ccc(Cc2ccc(C(C)(C)C)cc2)cc1.Cc1ccccc1N1C(=O)c2ccc(C(=O)c3ccc4c(c3)C(=O)N(C)C4=O)cc2C1=O. The summed E-state index contributed by atoms with van der Waals surface area (Å²) in [5.41, 5.74) is 8.21. The van der Waals surface area contributed by atoms with E-state index in [4.69, 9.17) is 0 Å². The lowest BCUT2D eigenvalue weighted by atomic mass is 9.86. The molecule has 5 aromatic rings. The molecule has 0 radical (unpaired) electrons. The maximum atomic E-state index is 13.1. The zero-order chi connectivity index (χ0) is 35.9. The third kappa shape index (κ3) is 6.42. The third-order valence-electron chi connectivity index (χ3n) is 9.21. The Morgan fingerprint density at radius 2 is 1.06 bits per heavy atom. The molecule has 50 heavy (non-hydrogen) atoms. The van der Waals surface area contributed by atoms with Gasteiger partial charge >= 0.3 is 0 Å². The minimum Gasteiger partial charge on any atom is -0.289 e.